The smallest absolute Gasteiger partial charge is 0.332 e. The molecule has 1 amide bonds. The molecule has 1 saturated heterocycles. The molecule has 1 aliphatic heterocycles. The topological polar surface area (TPSA) is 98.7 Å². The number of carbonyl (C=O) groups excluding carboxylic acids is 1. The highest BCUT2D eigenvalue weighted by Crippen LogP contribution is 2.31. The van der Waals surface area contributed by atoms with Crippen molar-refractivity contribution in [2.24, 2.45) is 5.41 Å². The van der Waals surface area contributed by atoms with Crippen molar-refractivity contribution < 1.29 is 19.8 Å². The molecule has 0 saturated carbocycles. The molecule has 1 rings (SSSR count). The van der Waals surface area contributed by atoms with Gasteiger partial charge in [0.1, 0.15) is 0 Å². The Bertz CT molecular complexity index is 300. The number of aliphatic hydroxyl groups is 1. The second-order valence-corrected chi connectivity index (χ2v) is 4.86. The van der Waals surface area contributed by atoms with Crippen LogP contribution >= 0.6 is 0 Å². The summed E-state index contributed by atoms with van der Waals surface area (Å²) in [6.07, 6.45) is 1.21. The molecule has 2 atom stereocenters. The average Bonchev–Trinajstić information content (AvgIpc) is 2.79. The van der Waals surface area contributed by atoms with E-state index in [0.29, 0.717) is 6.54 Å². The van der Waals surface area contributed by atoms with Crippen LogP contribution in [0.4, 0.5) is 0 Å². The van der Waals surface area contributed by atoms with Crippen LogP contribution in [0.25, 0.3) is 0 Å². The molecule has 0 aromatic heterocycles. The fourth-order valence-corrected chi connectivity index (χ4v) is 2.38. The maximum atomic E-state index is 12.1. The lowest BCUT2D eigenvalue weighted by Crippen LogP contribution is -2.43. The molecule has 0 aromatic carbocycles. The molecule has 6 heteroatoms. The van der Waals surface area contributed by atoms with E-state index in [9.17, 15) is 9.59 Å². The molecule has 1 fully saturated rings. The zero-order chi connectivity index (χ0) is 13.6. The molecule has 0 aromatic rings. The molecule has 1 heterocycles. The number of hydrogen-bond donors (Lipinski definition) is 4. The van der Waals surface area contributed by atoms with Gasteiger partial charge in [-0.3, -0.25) is 4.79 Å². The van der Waals surface area contributed by atoms with Gasteiger partial charge in [0.05, 0.1) is 5.41 Å². The van der Waals surface area contributed by atoms with Gasteiger partial charge in [0.2, 0.25) is 5.91 Å². The molecular weight excluding hydrogens is 236 g/mol. The van der Waals surface area contributed by atoms with Gasteiger partial charge in [-0.25, -0.2) is 4.79 Å². The third-order valence-electron chi connectivity index (χ3n) is 3.44. The lowest BCUT2D eigenvalue weighted by molar-refractivity contribution is -0.147. The van der Waals surface area contributed by atoms with E-state index in [1.165, 1.54) is 0 Å². The first kappa shape index (κ1) is 14.9. The van der Waals surface area contributed by atoms with Crippen LogP contribution in [0, 0.1) is 5.41 Å². The standard InChI is InChI=1S/C12H22N2O4/c1-2-4-12(5-7-13-8-12)11(18)14-6-3-9(15)10(16)17/h9,13,15H,2-8H2,1H3,(H,14,18)(H,16,17)/t9-,12?/m0/s1. The Hall–Kier alpha value is -1.14. The monoisotopic (exact) mass is 258 g/mol. The van der Waals surface area contributed by atoms with Gasteiger partial charge in [0.25, 0.3) is 0 Å². The Kier molecular flexibility index (Phi) is 5.55. The van der Waals surface area contributed by atoms with E-state index in [4.69, 9.17) is 10.2 Å². The maximum absolute atomic E-state index is 12.1. The second kappa shape index (κ2) is 6.70. The second-order valence-electron chi connectivity index (χ2n) is 4.86. The fourth-order valence-electron chi connectivity index (χ4n) is 2.38. The summed E-state index contributed by atoms with van der Waals surface area (Å²) in [6, 6.07) is 0. The first-order chi connectivity index (χ1) is 8.52. The molecule has 104 valence electrons. The lowest BCUT2D eigenvalue weighted by Gasteiger charge is -2.26. The van der Waals surface area contributed by atoms with E-state index in [-0.39, 0.29) is 24.3 Å². The minimum atomic E-state index is -1.41. The van der Waals surface area contributed by atoms with E-state index in [0.717, 1.165) is 25.8 Å². The Labute approximate surface area is 107 Å². The number of amides is 1. The quantitative estimate of drug-likeness (QED) is 0.503. The fraction of sp³-hybridized carbons (Fsp3) is 0.833. The highest BCUT2D eigenvalue weighted by molar-refractivity contribution is 5.83. The van der Waals surface area contributed by atoms with Crippen LogP contribution in [-0.2, 0) is 9.59 Å². The molecule has 0 aliphatic carbocycles. The van der Waals surface area contributed by atoms with E-state index in [2.05, 4.69) is 10.6 Å². The van der Waals surface area contributed by atoms with Gasteiger partial charge in [-0.1, -0.05) is 13.3 Å². The highest BCUT2D eigenvalue weighted by atomic mass is 16.4. The Morgan fingerprint density at radius 1 is 1.50 bits per heavy atom. The Morgan fingerprint density at radius 2 is 2.22 bits per heavy atom. The maximum Gasteiger partial charge on any atom is 0.332 e. The van der Waals surface area contributed by atoms with Gasteiger partial charge in [-0.2, -0.15) is 0 Å². The molecule has 1 unspecified atom stereocenters. The number of aliphatic carboxylic acids is 1. The zero-order valence-electron chi connectivity index (χ0n) is 10.7. The van der Waals surface area contributed by atoms with E-state index >= 15 is 0 Å². The van der Waals surface area contributed by atoms with Crippen LogP contribution in [0.1, 0.15) is 32.6 Å². The lowest BCUT2D eigenvalue weighted by atomic mass is 9.81. The molecule has 6 nitrogen and oxygen atoms in total. The van der Waals surface area contributed by atoms with Crippen molar-refractivity contribution in [2.75, 3.05) is 19.6 Å². The summed E-state index contributed by atoms with van der Waals surface area (Å²) in [5.74, 6) is -1.29. The van der Waals surface area contributed by atoms with Crippen LogP contribution in [0.15, 0.2) is 0 Å². The van der Waals surface area contributed by atoms with Crippen molar-refractivity contribution in [1.29, 1.82) is 0 Å². The van der Waals surface area contributed by atoms with Crippen LogP contribution in [0.5, 0.6) is 0 Å². The first-order valence-electron chi connectivity index (χ1n) is 6.42. The molecule has 4 N–H and O–H groups in total. The highest BCUT2D eigenvalue weighted by Gasteiger charge is 2.39. The van der Waals surface area contributed by atoms with E-state index in [1.807, 2.05) is 6.92 Å². The SMILES string of the molecule is CCCC1(C(=O)NCC[C@H](O)C(=O)O)CCNC1. The third-order valence-corrected chi connectivity index (χ3v) is 3.44. The van der Waals surface area contributed by atoms with Gasteiger partial charge in [0, 0.05) is 19.5 Å². The summed E-state index contributed by atoms with van der Waals surface area (Å²) in [5, 5.41) is 23.6. The Balaban J connectivity index is 2.41. The number of rotatable bonds is 7. The van der Waals surface area contributed by atoms with Crippen molar-refractivity contribution in [1.82, 2.24) is 10.6 Å². The van der Waals surface area contributed by atoms with Gasteiger partial charge < -0.3 is 20.8 Å². The van der Waals surface area contributed by atoms with Crippen molar-refractivity contribution in [2.45, 2.75) is 38.7 Å². The predicted octanol–water partition coefficient (Wildman–Crippen LogP) is -0.282. The van der Waals surface area contributed by atoms with Crippen LogP contribution in [0.2, 0.25) is 0 Å². The number of carbonyl (C=O) groups is 2. The minimum Gasteiger partial charge on any atom is -0.479 e. The summed E-state index contributed by atoms with van der Waals surface area (Å²) in [5.41, 5.74) is -0.358. The largest absolute Gasteiger partial charge is 0.479 e. The van der Waals surface area contributed by atoms with Crippen molar-refractivity contribution in [3.05, 3.63) is 0 Å². The zero-order valence-corrected chi connectivity index (χ0v) is 10.7. The van der Waals surface area contributed by atoms with Gasteiger partial charge >= 0.3 is 5.97 Å². The summed E-state index contributed by atoms with van der Waals surface area (Å²) >= 11 is 0. The molecule has 0 radical (unpaired) electrons. The first-order valence-corrected chi connectivity index (χ1v) is 6.42. The van der Waals surface area contributed by atoms with Gasteiger partial charge in [0.15, 0.2) is 6.10 Å². The number of carboxylic acid groups (broad SMARTS) is 1. The molecular formula is C12H22N2O4. The van der Waals surface area contributed by atoms with Gasteiger partial charge in [-0.15, -0.1) is 0 Å². The number of carboxylic acids is 1. The Morgan fingerprint density at radius 3 is 2.72 bits per heavy atom. The molecule has 1 aliphatic rings. The molecule has 18 heavy (non-hydrogen) atoms. The normalized spacial score (nSPS) is 24.8. The van der Waals surface area contributed by atoms with Crippen LogP contribution in [0.3, 0.4) is 0 Å². The predicted molar refractivity (Wildman–Crippen MR) is 66.1 cm³/mol. The molecule has 0 spiro atoms. The average molecular weight is 258 g/mol. The minimum absolute atomic E-state index is 0.0352. The summed E-state index contributed by atoms with van der Waals surface area (Å²) < 4.78 is 0. The van der Waals surface area contributed by atoms with Crippen molar-refractivity contribution >= 4 is 11.9 Å². The number of hydrogen-bond acceptors (Lipinski definition) is 4. The van der Waals surface area contributed by atoms with Crippen molar-refractivity contribution in [3.63, 3.8) is 0 Å². The van der Waals surface area contributed by atoms with E-state index in [1.54, 1.807) is 0 Å². The van der Waals surface area contributed by atoms with Crippen molar-refractivity contribution in [3.8, 4) is 0 Å². The summed E-state index contributed by atoms with van der Waals surface area (Å²) in [6.45, 7) is 3.75. The number of nitrogens with one attached hydrogen (secondary N) is 2. The number of aliphatic hydroxyl groups excluding tert-OH is 1. The molecule has 0 bridgehead atoms. The van der Waals surface area contributed by atoms with Crippen LogP contribution < -0.4 is 10.6 Å². The van der Waals surface area contributed by atoms with Crippen LogP contribution in [-0.4, -0.2) is 47.8 Å². The third kappa shape index (κ3) is 3.68. The van der Waals surface area contributed by atoms with Gasteiger partial charge in [-0.05, 0) is 19.4 Å². The summed E-state index contributed by atoms with van der Waals surface area (Å²) in [7, 11) is 0. The summed E-state index contributed by atoms with van der Waals surface area (Å²) in [4.78, 5) is 22.6. The van der Waals surface area contributed by atoms with E-state index < -0.39 is 12.1 Å².